The summed E-state index contributed by atoms with van der Waals surface area (Å²) in [5, 5.41) is 0. The lowest BCUT2D eigenvalue weighted by Gasteiger charge is -2.23. The third-order valence-electron chi connectivity index (χ3n) is 4.39. The molecule has 2 aromatic rings. The number of nitrogens with zero attached hydrogens (tertiary/aromatic N) is 2. The van der Waals surface area contributed by atoms with Crippen molar-refractivity contribution in [1.29, 1.82) is 0 Å². The fraction of sp³-hybridized carbons (Fsp3) is 0.316. The molecule has 2 N–H and O–H groups in total. The summed E-state index contributed by atoms with van der Waals surface area (Å²) >= 11 is 0. The Labute approximate surface area is 137 Å². The van der Waals surface area contributed by atoms with Crippen molar-refractivity contribution in [2.45, 2.75) is 19.4 Å². The molecule has 1 aliphatic heterocycles. The highest BCUT2D eigenvalue weighted by atomic mass is 16.2. The standard InChI is InChI=1S/C19H23N3O/c1-21-12-13-22(18-9-5-3-7-16(18)14-21)19(23)11-10-15-6-2-4-8-17(15)20/h2-9H,10-14,20H2,1H3. The third kappa shape index (κ3) is 3.54. The zero-order chi connectivity index (χ0) is 16.2. The summed E-state index contributed by atoms with van der Waals surface area (Å²) in [4.78, 5) is 17.0. The van der Waals surface area contributed by atoms with E-state index >= 15 is 0 Å². The molecule has 0 spiro atoms. The van der Waals surface area contributed by atoms with E-state index < -0.39 is 0 Å². The van der Waals surface area contributed by atoms with E-state index in [9.17, 15) is 4.79 Å². The van der Waals surface area contributed by atoms with Crippen molar-refractivity contribution in [3.63, 3.8) is 0 Å². The van der Waals surface area contributed by atoms with Gasteiger partial charge in [-0.15, -0.1) is 0 Å². The Balaban J connectivity index is 1.75. The van der Waals surface area contributed by atoms with Crippen molar-refractivity contribution in [3.05, 3.63) is 59.7 Å². The van der Waals surface area contributed by atoms with Gasteiger partial charge in [0.15, 0.2) is 0 Å². The van der Waals surface area contributed by atoms with Crippen molar-refractivity contribution >= 4 is 17.3 Å². The molecule has 23 heavy (non-hydrogen) atoms. The predicted molar refractivity (Wildman–Crippen MR) is 94.3 cm³/mol. The lowest BCUT2D eigenvalue weighted by molar-refractivity contribution is -0.118. The van der Waals surface area contributed by atoms with Gasteiger partial charge in [-0.3, -0.25) is 4.79 Å². The minimum absolute atomic E-state index is 0.163. The number of aryl methyl sites for hydroxylation is 1. The number of carbonyl (C=O) groups excluding carboxylic acids is 1. The first-order valence-corrected chi connectivity index (χ1v) is 8.05. The van der Waals surface area contributed by atoms with E-state index in [-0.39, 0.29) is 5.91 Å². The molecule has 3 rings (SSSR count). The largest absolute Gasteiger partial charge is 0.399 e. The molecule has 0 saturated heterocycles. The molecule has 0 atom stereocenters. The second-order valence-corrected chi connectivity index (χ2v) is 6.11. The molecule has 1 aliphatic rings. The van der Waals surface area contributed by atoms with Crippen LogP contribution in [0.1, 0.15) is 17.5 Å². The van der Waals surface area contributed by atoms with Crippen LogP contribution in [0.2, 0.25) is 0 Å². The topological polar surface area (TPSA) is 49.6 Å². The van der Waals surface area contributed by atoms with Gasteiger partial charge in [-0.1, -0.05) is 36.4 Å². The fourth-order valence-electron chi connectivity index (χ4n) is 3.07. The Hall–Kier alpha value is -2.33. The number of nitrogen functional groups attached to an aromatic ring is 1. The Kier molecular flexibility index (Phi) is 4.63. The maximum atomic E-state index is 12.8. The summed E-state index contributed by atoms with van der Waals surface area (Å²) in [5.74, 6) is 0.163. The lowest BCUT2D eigenvalue weighted by atomic mass is 10.1. The number of carbonyl (C=O) groups is 1. The van der Waals surface area contributed by atoms with Gasteiger partial charge in [0.2, 0.25) is 5.91 Å². The highest BCUT2D eigenvalue weighted by molar-refractivity contribution is 5.94. The summed E-state index contributed by atoms with van der Waals surface area (Å²) in [6.07, 6.45) is 1.16. The minimum Gasteiger partial charge on any atom is -0.399 e. The van der Waals surface area contributed by atoms with E-state index in [4.69, 9.17) is 5.73 Å². The first-order valence-electron chi connectivity index (χ1n) is 8.05. The van der Waals surface area contributed by atoms with Crippen molar-refractivity contribution in [1.82, 2.24) is 4.90 Å². The van der Waals surface area contributed by atoms with Crippen molar-refractivity contribution < 1.29 is 4.79 Å². The van der Waals surface area contributed by atoms with Gasteiger partial charge in [-0.05, 0) is 36.7 Å². The summed E-state index contributed by atoms with van der Waals surface area (Å²) in [7, 11) is 2.09. The van der Waals surface area contributed by atoms with Crippen LogP contribution in [0.5, 0.6) is 0 Å². The van der Waals surface area contributed by atoms with Crippen LogP contribution in [-0.2, 0) is 17.8 Å². The van der Waals surface area contributed by atoms with Gasteiger partial charge in [0.05, 0.1) is 0 Å². The first kappa shape index (κ1) is 15.6. The molecule has 120 valence electrons. The molecule has 0 fully saturated rings. The van der Waals surface area contributed by atoms with Gasteiger partial charge in [-0.25, -0.2) is 0 Å². The number of nitrogens with two attached hydrogens (primary N) is 1. The van der Waals surface area contributed by atoms with Crippen molar-refractivity contribution in [2.24, 2.45) is 0 Å². The molecule has 2 aromatic carbocycles. The molecular weight excluding hydrogens is 286 g/mol. The highest BCUT2D eigenvalue weighted by Gasteiger charge is 2.22. The number of anilines is 2. The third-order valence-corrected chi connectivity index (χ3v) is 4.39. The quantitative estimate of drug-likeness (QED) is 0.887. The van der Waals surface area contributed by atoms with Gasteiger partial charge in [-0.2, -0.15) is 0 Å². The van der Waals surface area contributed by atoms with E-state index in [1.165, 1.54) is 5.56 Å². The summed E-state index contributed by atoms with van der Waals surface area (Å²) in [6, 6.07) is 15.9. The van der Waals surface area contributed by atoms with Crippen LogP contribution in [0.4, 0.5) is 11.4 Å². The number of benzene rings is 2. The molecule has 0 aromatic heterocycles. The Morgan fingerprint density at radius 3 is 2.65 bits per heavy atom. The lowest BCUT2D eigenvalue weighted by Crippen LogP contribution is -2.35. The summed E-state index contributed by atoms with van der Waals surface area (Å²) in [5.41, 5.74) is 10.0. The molecule has 0 radical (unpaired) electrons. The second-order valence-electron chi connectivity index (χ2n) is 6.11. The van der Waals surface area contributed by atoms with Crippen LogP contribution in [0.15, 0.2) is 48.5 Å². The molecule has 4 heteroatoms. The van der Waals surface area contributed by atoms with Crippen LogP contribution in [0, 0.1) is 0 Å². The number of likely N-dealkylation sites (N-methyl/N-ethyl adjacent to an activating group) is 1. The van der Waals surface area contributed by atoms with Crippen LogP contribution in [0.3, 0.4) is 0 Å². The van der Waals surface area contributed by atoms with Crippen molar-refractivity contribution in [3.8, 4) is 0 Å². The molecule has 4 nitrogen and oxygen atoms in total. The van der Waals surface area contributed by atoms with E-state index in [0.717, 1.165) is 36.6 Å². The SMILES string of the molecule is CN1CCN(C(=O)CCc2ccccc2N)c2ccccc2C1. The van der Waals surface area contributed by atoms with Gasteiger partial charge in [0.1, 0.15) is 0 Å². The molecule has 0 unspecified atom stereocenters. The number of hydrogen-bond acceptors (Lipinski definition) is 3. The van der Waals surface area contributed by atoms with Crippen LogP contribution in [0.25, 0.3) is 0 Å². The molecule has 0 saturated carbocycles. The molecular formula is C19H23N3O. The van der Waals surface area contributed by atoms with Crippen LogP contribution < -0.4 is 10.6 Å². The minimum atomic E-state index is 0.163. The van der Waals surface area contributed by atoms with Gasteiger partial charge in [0, 0.05) is 37.4 Å². The fourth-order valence-corrected chi connectivity index (χ4v) is 3.07. The van der Waals surface area contributed by atoms with Crippen LogP contribution in [-0.4, -0.2) is 30.9 Å². The Morgan fingerprint density at radius 1 is 1.09 bits per heavy atom. The smallest absolute Gasteiger partial charge is 0.227 e. The van der Waals surface area contributed by atoms with E-state index in [1.807, 2.05) is 47.4 Å². The summed E-state index contributed by atoms with van der Waals surface area (Å²) < 4.78 is 0. The Bertz CT molecular complexity index is 699. The average Bonchev–Trinajstić information content (AvgIpc) is 2.72. The predicted octanol–water partition coefficient (Wildman–Crippen LogP) is 2.68. The second kappa shape index (κ2) is 6.84. The maximum Gasteiger partial charge on any atom is 0.227 e. The maximum absolute atomic E-state index is 12.8. The highest BCUT2D eigenvalue weighted by Crippen LogP contribution is 2.25. The monoisotopic (exact) mass is 309 g/mol. The number of rotatable bonds is 3. The zero-order valence-corrected chi connectivity index (χ0v) is 13.5. The normalized spacial score (nSPS) is 15.1. The van der Waals surface area contributed by atoms with E-state index in [0.29, 0.717) is 12.8 Å². The zero-order valence-electron chi connectivity index (χ0n) is 13.5. The molecule has 0 aliphatic carbocycles. The van der Waals surface area contributed by atoms with Gasteiger partial charge >= 0.3 is 0 Å². The van der Waals surface area contributed by atoms with Crippen molar-refractivity contribution in [2.75, 3.05) is 30.8 Å². The number of fused-ring (bicyclic) bond motifs is 1. The van der Waals surface area contributed by atoms with Crippen LogP contribution >= 0.6 is 0 Å². The van der Waals surface area contributed by atoms with E-state index in [1.54, 1.807) is 0 Å². The Morgan fingerprint density at radius 2 is 1.83 bits per heavy atom. The molecule has 0 bridgehead atoms. The number of hydrogen-bond donors (Lipinski definition) is 1. The summed E-state index contributed by atoms with van der Waals surface area (Å²) in [6.45, 7) is 2.50. The first-order chi connectivity index (χ1) is 11.1. The number of amides is 1. The molecule has 1 heterocycles. The molecule has 1 amide bonds. The van der Waals surface area contributed by atoms with Gasteiger partial charge < -0.3 is 15.5 Å². The van der Waals surface area contributed by atoms with E-state index in [2.05, 4.69) is 18.0 Å². The number of para-hydroxylation sites is 2. The van der Waals surface area contributed by atoms with Gasteiger partial charge in [0.25, 0.3) is 0 Å². The average molecular weight is 309 g/mol.